The number of aromatic nitrogens is 25. The van der Waals surface area contributed by atoms with E-state index >= 15 is 0 Å². The molecule has 0 saturated heterocycles. The number of nitrogens with zero attached hydrogens (tertiary/aromatic N) is 29. The molecule has 15 aromatic heterocycles. The van der Waals surface area contributed by atoms with Gasteiger partial charge in [-0.05, 0) is 144 Å². The molecule has 44 nitrogen and oxygen atoms in total. The van der Waals surface area contributed by atoms with Crippen molar-refractivity contribution in [1.82, 2.24) is 123 Å². The standard InChI is InChI=1S/C18H20N6O2.2C16H16N6O2.C14H11Cl2N5O.C14H13ClN6O.C4H8O.3CH4.H2N6.Na.H8P6.H/c1-3-5-10-26-18-22-16(19)15-17(23-18)24(12-21-15)11-13-14(25-9-4-2)7-6-8-20-13;2*17-14-13-15-21-16(20-14)24-8-3-1-2-7-23-12-5-4-6-18-11(12)9-22(15)10-19-13;1-2-6-22-10-4-3-5-17-9(10)7-21-8-18-11-12(15)19-14(16)20-13(11)21;1-2-6-22-10-4-3-5-17-9(10)7-21-8-18-11-12(16)19-14(15)20-13(11)21;1-2-3-4-5;;;;1-3-5-6-4-2;;1-5(2)6(3)4;/h3-4,6-8,12H,1-2,5,9-11H2,(H2,19,22,23);2*1-2,4-6,10H,3,7-9H2,(H2,17,20,21);2-5,8H,1,6-7H2;2-5,8H,1,6-7H2,(H2,16,19,20);2,5H,1,3-4H2;3*1H4;1-2H;;1-4H2;/q;;;;;;;;;;+1;;-1/b;2-1+;2-1-;;;;;;;3-1?,4-2?,6-5+;;;. The van der Waals surface area contributed by atoms with Crippen molar-refractivity contribution < 1.29 is 74.0 Å². The van der Waals surface area contributed by atoms with Crippen molar-refractivity contribution in [2.45, 2.75) is 80.7 Å². The Morgan fingerprint density at radius 1 is 0.439 bits per heavy atom. The molecule has 11 N–H and O–H groups in total. The summed E-state index contributed by atoms with van der Waals surface area (Å²) >= 11 is 17.7. The third kappa shape index (κ3) is 35.1. The van der Waals surface area contributed by atoms with Gasteiger partial charge in [-0.15, -0.1) is 48.9 Å². The Labute approximate surface area is 850 Å². The maximum Gasteiger partial charge on any atom is 1.00 e. The molecule has 0 spiro atoms. The first-order valence-corrected chi connectivity index (χ1v) is 51.2. The van der Waals surface area contributed by atoms with E-state index < -0.39 is 0 Å². The zero-order valence-corrected chi connectivity index (χ0v) is 84.0. The number of anilines is 4. The molecule has 0 radical (unpaired) electrons. The number of nitrogens with two attached hydrogens (primary N) is 4. The van der Waals surface area contributed by atoms with Crippen molar-refractivity contribution in [1.29, 1.82) is 11.1 Å². The maximum absolute atomic E-state index is 8.00. The fraction of sp³-hybridized carbons (Fsp3) is 0.247. The van der Waals surface area contributed by atoms with Gasteiger partial charge in [0.25, 0.3) is 0 Å². The Morgan fingerprint density at radius 2 is 0.813 bits per heavy atom. The maximum atomic E-state index is 8.00. The molecule has 139 heavy (non-hydrogen) atoms. The van der Waals surface area contributed by atoms with Gasteiger partial charge in [0, 0.05) is 37.6 Å². The molecule has 4 atom stereocenters. The van der Waals surface area contributed by atoms with Crippen LogP contribution >= 0.6 is 84.5 Å². The summed E-state index contributed by atoms with van der Waals surface area (Å²) in [7, 11) is 11.2. The van der Waals surface area contributed by atoms with Crippen LogP contribution in [-0.4, -0.2) is 187 Å². The number of rotatable bonds is 24. The number of hydrogen-bond acceptors (Lipinski definition) is 35. The molecular formula is C85H107Cl3N35NaO9P6. The second-order valence-electron chi connectivity index (χ2n) is 26.8. The number of nitrogens with one attached hydrogen (secondary N) is 2. The topological polar surface area (TPSA) is 578 Å². The van der Waals surface area contributed by atoms with Gasteiger partial charge in [0.15, 0.2) is 73.2 Å². The van der Waals surface area contributed by atoms with Gasteiger partial charge >= 0.3 is 47.6 Å². The van der Waals surface area contributed by atoms with Crippen LogP contribution in [0.15, 0.2) is 232 Å². The first-order chi connectivity index (χ1) is 65.7. The van der Waals surface area contributed by atoms with Gasteiger partial charge in [0.1, 0.15) is 101 Å². The van der Waals surface area contributed by atoms with E-state index in [1.807, 2.05) is 98.7 Å². The van der Waals surface area contributed by atoms with Gasteiger partial charge in [-0.25, -0.2) is 29.9 Å². The number of pyridine rings is 5. The van der Waals surface area contributed by atoms with E-state index in [2.05, 4.69) is 189 Å². The second-order valence-corrected chi connectivity index (χ2v) is 47.6. The van der Waals surface area contributed by atoms with Crippen LogP contribution in [-0.2, 0) is 32.7 Å². The van der Waals surface area contributed by atoms with Crippen LogP contribution in [0.4, 0.5) is 23.3 Å². The van der Waals surface area contributed by atoms with E-state index in [-0.39, 0.29) is 119 Å². The second kappa shape index (κ2) is 61.7. The summed E-state index contributed by atoms with van der Waals surface area (Å²) in [6, 6.07) is 19.2. The molecule has 0 saturated carbocycles. The van der Waals surface area contributed by atoms with Crippen molar-refractivity contribution in [2.24, 2.45) is 20.9 Å². The number of aliphatic hydroxyl groups is 1. The minimum Gasteiger partial charge on any atom is -1.00 e. The summed E-state index contributed by atoms with van der Waals surface area (Å²) in [6.07, 6.45) is 36.0. The van der Waals surface area contributed by atoms with Crippen LogP contribution in [0, 0.1) is 11.1 Å². The number of nitrogen functional groups attached to an aromatic ring is 4. The summed E-state index contributed by atoms with van der Waals surface area (Å²) in [5.41, 5.74) is 44.9. The first kappa shape index (κ1) is 115. The van der Waals surface area contributed by atoms with E-state index in [1.165, 1.54) is 0 Å². The Bertz CT molecular complexity index is 6290. The van der Waals surface area contributed by atoms with E-state index in [4.69, 9.17) is 112 Å². The summed E-state index contributed by atoms with van der Waals surface area (Å²) in [4.78, 5) is 85.1. The summed E-state index contributed by atoms with van der Waals surface area (Å²) in [5.74, 6) is 4.62. The van der Waals surface area contributed by atoms with Crippen LogP contribution in [0.1, 0.15) is 77.9 Å². The zero-order chi connectivity index (χ0) is 96.2. The minimum atomic E-state index is 0. The summed E-state index contributed by atoms with van der Waals surface area (Å²) in [5, 5.41) is 18.5. The minimum absolute atomic E-state index is 0. The van der Waals surface area contributed by atoms with Gasteiger partial charge in [-0.2, -0.15) is 55.9 Å². The van der Waals surface area contributed by atoms with E-state index in [0.29, 0.717) is 183 Å². The van der Waals surface area contributed by atoms with Crippen molar-refractivity contribution in [3.8, 4) is 46.8 Å². The number of aliphatic hydroxyl groups excluding tert-OH is 1. The quantitative estimate of drug-likeness (QED) is 0.00432. The molecule has 15 aromatic rings. The molecule has 4 unspecified atom stereocenters. The largest absolute Gasteiger partial charge is 1.00 e. The van der Waals surface area contributed by atoms with E-state index in [9.17, 15) is 0 Å². The Hall–Kier alpha value is -12.5. The first-order valence-electron chi connectivity index (χ1n) is 40.2. The molecular weight excluding hydrogens is 1970 g/mol. The molecule has 0 aromatic carbocycles. The fourth-order valence-electron chi connectivity index (χ4n) is 11.5. The molecule has 54 heteroatoms. The molecule has 4 bridgehead atoms. The molecule has 2 aliphatic rings. The van der Waals surface area contributed by atoms with Gasteiger partial charge in [-0.3, -0.25) is 24.9 Å². The molecule has 2 aliphatic heterocycles. The average molecular weight is 2080 g/mol. The third-order valence-corrected chi connectivity index (χ3v) is 39.4. The fourth-order valence-corrected chi connectivity index (χ4v) is 12.1. The van der Waals surface area contributed by atoms with Gasteiger partial charge in [0.2, 0.25) is 10.6 Å². The average Bonchev–Trinajstić information content (AvgIpc) is 1.25. The van der Waals surface area contributed by atoms with Crippen LogP contribution in [0.2, 0.25) is 15.7 Å². The van der Waals surface area contributed by atoms with Crippen molar-refractivity contribution in [3.05, 3.63) is 255 Å². The summed E-state index contributed by atoms with van der Waals surface area (Å²) < 4.78 is 54.3. The molecule has 17 heterocycles. The Kier molecular flexibility index (Phi) is 51.2. The summed E-state index contributed by atoms with van der Waals surface area (Å²) in [6.45, 7) is 24.3. The Morgan fingerprint density at radius 3 is 1.22 bits per heavy atom. The van der Waals surface area contributed by atoms with Crippen LogP contribution in [0.5, 0.6) is 46.8 Å². The number of halogens is 3. The van der Waals surface area contributed by atoms with Gasteiger partial charge < -0.3 is 90.2 Å². The zero-order valence-electron chi connectivity index (χ0n) is 74.3. The van der Waals surface area contributed by atoms with E-state index in [1.54, 1.807) is 102 Å². The molecule has 0 aliphatic carbocycles. The van der Waals surface area contributed by atoms with Gasteiger partial charge in [-0.1, -0.05) is 108 Å². The van der Waals surface area contributed by atoms with Crippen LogP contribution in [0.25, 0.3) is 55.8 Å². The molecule has 0 amide bonds. The SMILES string of the molecule is C.C.C.C=CCCO.C=CCCOc1nc(N)c2ncn(Cc3ncccc3OCC=C)c2n1.C=CCOc1cccnc1Cn1cnc2c(Cl)nc(Cl)nc21.C=CCOc1cccnc1Cn1cnc2c(N)nc(Cl)nc21.N=N/N=N/N=N.Nc1nc2nc3c1ncn3Cc1ncccc1OC/C=C/CCO2.Nc1nc2nc3c1ncn3Cc1ncccc1OC/C=C\CCO2.PP(P)P(P)P.[H-].[Na+]. The Balaban J connectivity index is 0.000000293. The van der Waals surface area contributed by atoms with Crippen molar-refractivity contribution >= 4 is 164 Å². The molecule has 728 valence electrons. The van der Waals surface area contributed by atoms with Gasteiger partial charge in [0.05, 0.1) is 84.2 Å². The van der Waals surface area contributed by atoms with Crippen molar-refractivity contribution in [3.63, 3.8) is 0 Å². The smallest absolute Gasteiger partial charge is 1.00 e. The third-order valence-electron chi connectivity index (χ3n) is 17.5. The number of imidazole rings is 5. The monoisotopic (exact) mass is 2080 g/mol. The molecule has 17 rings (SSSR count). The predicted octanol–water partition coefficient (Wildman–Crippen LogP) is 14.7. The van der Waals surface area contributed by atoms with Crippen LogP contribution < -0.4 is 90.4 Å². The van der Waals surface area contributed by atoms with Crippen molar-refractivity contribution in [2.75, 3.05) is 82.4 Å². The number of hydrogen-bond donors (Lipinski definition) is 7. The molecule has 0 fully saturated rings. The van der Waals surface area contributed by atoms with Crippen LogP contribution in [0.3, 0.4) is 0 Å². The predicted molar refractivity (Wildman–Crippen MR) is 554 cm³/mol. The number of fused-ring (bicyclic) bond motifs is 7. The normalized spacial score (nSPS) is 12.0. The number of ether oxygens (including phenoxy) is 8. The van der Waals surface area contributed by atoms with E-state index in [0.717, 1.165) is 52.8 Å².